The fourth-order valence-electron chi connectivity index (χ4n) is 1.98. The predicted octanol–water partition coefficient (Wildman–Crippen LogP) is 4.65. The van der Waals surface area contributed by atoms with E-state index in [1.165, 1.54) is 0 Å². The van der Waals surface area contributed by atoms with E-state index in [-0.39, 0.29) is 11.1 Å². The lowest BCUT2D eigenvalue weighted by molar-refractivity contribution is -0.143. The fourth-order valence-corrected chi connectivity index (χ4v) is 3.28. The average molecular weight is 462 g/mol. The van der Waals surface area contributed by atoms with E-state index in [2.05, 4.69) is 20.7 Å². The monoisotopic (exact) mass is 461 g/mol. The number of ether oxygens (including phenoxy) is 1. The van der Waals surface area contributed by atoms with E-state index in [0.717, 1.165) is 6.07 Å². The van der Waals surface area contributed by atoms with Crippen LogP contribution in [-0.4, -0.2) is 21.9 Å². The number of carbonyl (C=O) groups is 1. The molecule has 2 atom stereocenters. The van der Waals surface area contributed by atoms with Crippen LogP contribution in [0.2, 0.25) is 0 Å². The van der Waals surface area contributed by atoms with Crippen molar-refractivity contribution in [3.63, 3.8) is 0 Å². The van der Waals surface area contributed by atoms with Crippen molar-refractivity contribution in [2.24, 2.45) is 0 Å². The third-order valence-electron chi connectivity index (χ3n) is 3.23. The summed E-state index contributed by atoms with van der Waals surface area (Å²) >= 11 is 1.17. The van der Waals surface area contributed by atoms with Gasteiger partial charge in [-0.1, -0.05) is 15.9 Å². The molecule has 1 N–H and O–H groups in total. The number of benzene rings is 1. The van der Waals surface area contributed by atoms with Crippen LogP contribution in [0.1, 0.15) is 51.3 Å². The molecule has 0 aliphatic heterocycles. The second-order valence-electron chi connectivity index (χ2n) is 6.42. The Morgan fingerprint density at radius 3 is 2.38 bits per heavy atom. The summed E-state index contributed by atoms with van der Waals surface area (Å²) in [6.45, 7) is 6.53. The maximum atomic E-state index is 14.5. The molecule has 4 nitrogen and oxygen atoms in total. The lowest BCUT2D eigenvalue weighted by Crippen LogP contribution is -2.42. The summed E-state index contributed by atoms with van der Waals surface area (Å²) < 4.78 is 72.7. The van der Waals surface area contributed by atoms with Crippen molar-refractivity contribution < 1.29 is 31.6 Å². The number of halogens is 5. The number of esters is 1. The molecule has 0 saturated carbocycles. The molecule has 0 amide bonds. The minimum absolute atomic E-state index is 0.0153. The van der Waals surface area contributed by atoms with Crippen LogP contribution in [0, 0.1) is 5.82 Å². The Labute approximate surface area is 161 Å². The summed E-state index contributed by atoms with van der Waals surface area (Å²) in [4.78, 5) is 11.8. The molecule has 1 rings (SSSR count). The van der Waals surface area contributed by atoms with Crippen LogP contribution in [0.25, 0.3) is 0 Å². The molecule has 1 aromatic carbocycles. The Balaban J connectivity index is 3.37. The van der Waals surface area contributed by atoms with E-state index < -0.39 is 57.7 Å². The normalized spacial score (nSPS) is 14.8. The van der Waals surface area contributed by atoms with E-state index >= 15 is 0 Å². The molecular weight excluding hydrogens is 442 g/mol. The van der Waals surface area contributed by atoms with Crippen LogP contribution in [0.4, 0.5) is 17.6 Å². The van der Waals surface area contributed by atoms with E-state index in [4.69, 9.17) is 4.74 Å². The highest BCUT2D eigenvalue weighted by Gasteiger charge is 2.38. The van der Waals surface area contributed by atoms with Gasteiger partial charge in [0.1, 0.15) is 10.6 Å². The summed E-state index contributed by atoms with van der Waals surface area (Å²) in [5.74, 6) is -2.27. The first kappa shape index (κ1) is 23.2. The summed E-state index contributed by atoms with van der Waals surface area (Å²) in [5.41, 5.74) is -1.89. The standard InChI is InChI=1S/C16H20BrF4NO3S/c1-5-25-13(23)8-12(22-26(24)15(2,3)4)10-6-9(17)7-11(14(10)18)16(19,20)21/h6-7,12,22H,5,8H2,1-4H3. The van der Waals surface area contributed by atoms with Gasteiger partial charge in [0.15, 0.2) is 0 Å². The SMILES string of the molecule is CCOC(=O)CC(N[S+]([O-])C(C)(C)C)c1cc(Br)cc(C(F)(F)F)c1F. The Bertz CT molecular complexity index is 650. The highest BCUT2D eigenvalue weighted by atomic mass is 79.9. The molecule has 0 spiro atoms. The van der Waals surface area contributed by atoms with Gasteiger partial charge in [0, 0.05) is 21.4 Å². The zero-order valence-electron chi connectivity index (χ0n) is 14.7. The first-order valence-corrected chi connectivity index (χ1v) is 9.61. The molecule has 1 aromatic rings. The smallest absolute Gasteiger partial charge is 0.419 e. The molecule has 0 aromatic heterocycles. The summed E-state index contributed by atoms with van der Waals surface area (Å²) in [7, 11) is 0. The maximum absolute atomic E-state index is 14.5. The molecule has 10 heteroatoms. The maximum Gasteiger partial charge on any atom is 0.419 e. The summed E-state index contributed by atoms with van der Waals surface area (Å²) in [6, 6.07) is 0.482. The topological polar surface area (TPSA) is 61.4 Å². The zero-order chi connectivity index (χ0) is 20.3. The van der Waals surface area contributed by atoms with Crippen molar-refractivity contribution in [2.45, 2.75) is 51.1 Å². The first-order valence-electron chi connectivity index (χ1n) is 7.67. The second kappa shape index (κ2) is 8.90. The van der Waals surface area contributed by atoms with Crippen molar-refractivity contribution in [3.05, 3.63) is 33.5 Å². The van der Waals surface area contributed by atoms with Gasteiger partial charge in [-0.05, 0) is 39.8 Å². The molecular formula is C16H20BrF4NO3S. The van der Waals surface area contributed by atoms with Gasteiger partial charge < -0.3 is 9.29 Å². The van der Waals surface area contributed by atoms with Crippen LogP contribution in [0.5, 0.6) is 0 Å². The third-order valence-corrected chi connectivity index (χ3v) is 5.30. The van der Waals surface area contributed by atoms with Crippen molar-refractivity contribution >= 4 is 33.3 Å². The highest BCUT2D eigenvalue weighted by Crippen LogP contribution is 2.37. The van der Waals surface area contributed by atoms with Crippen LogP contribution < -0.4 is 4.72 Å². The number of rotatable bonds is 6. The van der Waals surface area contributed by atoms with Gasteiger partial charge in [0.2, 0.25) is 0 Å². The molecule has 0 saturated heterocycles. The third kappa shape index (κ3) is 6.40. The molecule has 0 radical (unpaired) electrons. The van der Waals surface area contributed by atoms with Crippen molar-refractivity contribution in [1.29, 1.82) is 0 Å². The Kier molecular flexibility index (Phi) is 7.94. The minimum atomic E-state index is -4.92. The van der Waals surface area contributed by atoms with Crippen LogP contribution >= 0.6 is 15.9 Å². The number of nitrogens with one attached hydrogen (secondary N) is 1. The molecule has 0 aliphatic carbocycles. The largest absolute Gasteiger partial charge is 0.598 e. The molecule has 0 bridgehead atoms. The summed E-state index contributed by atoms with van der Waals surface area (Å²) in [6.07, 6.45) is -5.39. The Hall–Kier alpha value is -0.840. The van der Waals surface area contributed by atoms with Crippen molar-refractivity contribution in [3.8, 4) is 0 Å². The van der Waals surface area contributed by atoms with Gasteiger partial charge in [0.05, 0.1) is 24.6 Å². The van der Waals surface area contributed by atoms with Crippen molar-refractivity contribution in [1.82, 2.24) is 4.72 Å². The lowest BCUT2D eigenvalue weighted by atomic mass is 10.0. The molecule has 26 heavy (non-hydrogen) atoms. The lowest BCUT2D eigenvalue weighted by Gasteiger charge is -2.28. The minimum Gasteiger partial charge on any atom is -0.598 e. The molecule has 0 fully saturated rings. The molecule has 2 unspecified atom stereocenters. The fraction of sp³-hybridized carbons (Fsp3) is 0.562. The van der Waals surface area contributed by atoms with Crippen molar-refractivity contribution in [2.75, 3.05) is 6.61 Å². The van der Waals surface area contributed by atoms with Gasteiger partial charge in [-0.3, -0.25) is 4.79 Å². The Morgan fingerprint density at radius 1 is 1.35 bits per heavy atom. The average Bonchev–Trinajstić information content (AvgIpc) is 2.46. The van der Waals surface area contributed by atoms with E-state index in [1.807, 2.05) is 0 Å². The number of alkyl halides is 3. The second-order valence-corrected chi connectivity index (χ2v) is 9.33. The van der Waals surface area contributed by atoms with Gasteiger partial charge in [-0.25, -0.2) is 4.39 Å². The van der Waals surface area contributed by atoms with E-state index in [9.17, 15) is 26.9 Å². The van der Waals surface area contributed by atoms with E-state index in [0.29, 0.717) is 6.07 Å². The number of hydrogen-bond acceptors (Lipinski definition) is 4. The van der Waals surface area contributed by atoms with Crippen LogP contribution in [0.15, 0.2) is 16.6 Å². The zero-order valence-corrected chi connectivity index (χ0v) is 17.1. The first-order chi connectivity index (χ1) is 11.8. The summed E-state index contributed by atoms with van der Waals surface area (Å²) in [5, 5.41) is 0. The number of carbonyl (C=O) groups excluding carboxylic acids is 1. The molecule has 0 heterocycles. The van der Waals surface area contributed by atoms with Crippen LogP contribution in [-0.2, 0) is 27.1 Å². The Morgan fingerprint density at radius 2 is 1.92 bits per heavy atom. The van der Waals surface area contributed by atoms with Gasteiger partial charge >= 0.3 is 12.1 Å². The van der Waals surface area contributed by atoms with Gasteiger partial charge in [-0.2, -0.15) is 13.2 Å². The van der Waals surface area contributed by atoms with Crippen LogP contribution in [0.3, 0.4) is 0 Å². The quantitative estimate of drug-likeness (QED) is 0.380. The van der Waals surface area contributed by atoms with Gasteiger partial charge in [-0.15, -0.1) is 4.72 Å². The molecule has 0 aliphatic rings. The number of hydrogen-bond donors (Lipinski definition) is 1. The van der Waals surface area contributed by atoms with E-state index in [1.54, 1.807) is 27.7 Å². The predicted molar refractivity (Wildman–Crippen MR) is 94.1 cm³/mol. The highest BCUT2D eigenvalue weighted by molar-refractivity contribution is 9.10. The molecule has 148 valence electrons. The van der Waals surface area contributed by atoms with Gasteiger partial charge in [0.25, 0.3) is 0 Å².